The number of hydrogen-bond donors (Lipinski definition) is 1. The minimum Gasteiger partial charge on any atom is -0.322 e. The van der Waals surface area contributed by atoms with E-state index in [9.17, 15) is 4.79 Å². The highest BCUT2D eigenvalue weighted by atomic mass is 35.5. The first-order valence-corrected chi connectivity index (χ1v) is 8.29. The van der Waals surface area contributed by atoms with Crippen molar-refractivity contribution in [3.63, 3.8) is 0 Å². The van der Waals surface area contributed by atoms with Gasteiger partial charge in [0.25, 0.3) is 0 Å². The third kappa shape index (κ3) is 3.25. The Bertz CT molecular complexity index is 700. The minimum atomic E-state index is -0.314. The summed E-state index contributed by atoms with van der Waals surface area (Å²) in [5.74, 6) is 1.39. The molecule has 0 aliphatic heterocycles. The van der Waals surface area contributed by atoms with Crippen molar-refractivity contribution in [2.24, 2.45) is 7.05 Å². The molecule has 22 heavy (non-hydrogen) atoms. The smallest absolute Gasteiger partial charge is 0.237 e. The molecule has 1 aliphatic carbocycles. The summed E-state index contributed by atoms with van der Waals surface area (Å²) < 4.78 is 1.98. The molecule has 2 aromatic heterocycles. The predicted octanol–water partition coefficient (Wildman–Crippen LogP) is 2.86. The van der Waals surface area contributed by atoms with E-state index in [0.29, 0.717) is 11.6 Å². The second kappa shape index (κ2) is 6.26. The van der Waals surface area contributed by atoms with Crippen LogP contribution in [0.15, 0.2) is 23.5 Å². The summed E-state index contributed by atoms with van der Waals surface area (Å²) in [4.78, 5) is 16.2. The molecule has 0 aromatic carbocycles. The summed E-state index contributed by atoms with van der Waals surface area (Å²) in [7, 11) is 1.94. The summed E-state index contributed by atoms with van der Waals surface area (Å²) in [6, 6.07) is 3.45. The summed E-state index contributed by atoms with van der Waals surface area (Å²) >= 11 is 7.33. The lowest BCUT2D eigenvalue weighted by Gasteiger charge is -2.12. The Balaban J connectivity index is 1.65. The average molecular weight is 338 g/mol. The van der Waals surface area contributed by atoms with Gasteiger partial charge in [0.1, 0.15) is 5.82 Å². The number of aromatic nitrogens is 4. The molecule has 6 nitrogen and oxygen atoms in total. The van der Waals surface area contributed by atoms with Gasteiger partial charge in [-0.1, -0.05) is 23.4 Å². The van der Waals surface area contributed by atoms with E-state index in [2.05, 4.69) is 20.5 Å². The van der Waals surface area contributed by atoms with Crippen LogP contribution in [0.2, 0.25) is 5.15 Å². The van der Waals surface area contributed by atoms with Gasteiger partial charge in [-0.25, -0.2) is 4.98 Å². The van der Waals surface area contributed by atoms with Crippen molar-refractivity contribution >= 4 is 35.0 Å². The molecule has 0 unspecified atom stereocenters. The Morgan fingerprint density at radius 3 is 2.95 bits per heavy atom. The number of nitrogens with zero attached hydrogens (tertiary/aromatic N) is 4. The van der Waals surface area contributed by atoms with Crippen LogP contribution in [0.25, 0.3) is 0 Å². The lowest BCUT2D eigenvalue weighted by molar-refractivity contribution is -0.115. The van der Waals surface area contributed by atoms with Gasteiger partial charge in [-0.2, -0.15) is 0 Å². The van der Waals surface area contributed by atoms with Gasteiger partial charge < -0.3 is 9.88 Å². The van der Waals surface area contributed by atoms with Gasteiger partial charge in [-0.15, -0.1) is 10.2 Å². The number of halogens is 1. The molecule has 1 aliphatic rings. The quantitative estimate of drug-likeness (QED) is 0.671. The van der Waals surface area contributed by atoms with Crippen LogP contribution in [0, 0.1) is 0 Å². The van der Waals surface area contributed by atoms with E-state index in [1.807, 2.05) is 18.5 Å². The van der Waals surface area contributed by atoms with Crippen LogP contribution < -0.4 is 5.32 Å². The molecular weight excluding hydrogens is 322 g/mol. The van der Waals surface area contributed by atoms with E-state index in [0.717, 1.165) is 11.0 Å². The summed E-state index contributed by atoms with van der Waals surface area (Å²) in [5, 5.41) is 11.9. The topological polar surface area (TPSA) is 72.7 Å². The molecule has 1 saturated carbocycles. The van der Waals surface area contributed by atoms with Crippen molar-refractivity contribution < 1.29 is 4.79 Å². The molecule has 2 heterocycles. The number of anilines is 1. The van der Waals surface area contributed by atoms with Gasteiger partial charge in [-0.3, -0.25) is 4.79 Å². The highest BCUT2D eigenvalue weighted by molar-refractivity contribution is 8.00. The monoisotopic (exact) mass is 337 g/mol. The molecule has 1 N–H and O–H groups in total. The van der Waals surface area contributed by atoms with Crippen molar-refractivity contribution in [1.29, 1.82) is 0 Å². The minimum absolute atomic E-state index is 0.143. The van der Waals surface area contributed by atoms with E-state index in [1.165, 1.54) is 24.6 Å². The lowest BCUT2D eigenvalue weighted by atomic mass is 10.4. The second-order valence-electron chi connectivity index (χ2n) is 5.27. The summed E-state index contributed by atoms with van der Waals surface area (Å²) in [6.45, 7) is 1.83. The second-order valence-corrected chi connectivity index (χ2v) is 6.93. The maximum Gasteiger partial charge on any atom is 0.237 e. The van der Waals surface area contributed by atoms with E-state index in [1.54, 1.807) is 18.3 Å². The zero-order valence-electron chi connectivity index (χ0n) is 12.3. The van der Waals surface area contributed by atoms with E-state index < -0.39 is 0 Å². The fraction of sp³-hybridized carbons (Fsp3) is 0.429. The number of pyridine rings is 1. The maximum atomic E-state index is 12.3. The van der Waals surface area contributed by atoms with E-state index >= 15 is 0 Å². The Morgan fingerprint density at radius 1 is 1.50 bits per heavy atom. The molecule has 0 spiro atoms. The van der Waals surface area contributed by atoms with E-state index in [4.69, 9.17) is 11.6 Å². The first kappa shape index (κ1) is 15.3. The maximum absolute atomic E-state index is 12.3. The molecule has 2 aromatic rings. The number of rotatable bonds is 5. The van der Waals surface area contributed by atoms with Gasteiger partial charge in [0.15, 0.2) is 10.3 Å². The van der Waals surface area contributed by atoms with Crippen LogP contribution in [-0.2, 0) is 11.8 Å². The van der Waals surface area contributed by atoms with Crippen LogP contribution >= 0.6 is 23.4 Å². The van der Waals surface area contributed by atoms with Crippen molar-refractivity contribution in [1.82, 2.24) is 19.7 Å². The predicted molar refractivity (Wildman–Crippen MR) is 86.2 cm³/mol. The SMILES string of the molecule is C[C@@H](Sc1nnc(C2CC2)n1C)C(=O)Nc1cccnc1Cl. The third-order valence-corrected chi connectivity index (χ3v) is 4.91. The molecule has 1 atom stereocenters. The number of hydrogen-bond acceptors (Lipinski definition) is 5. The Labute approximate surface area is 137 Å². The molecule has 1 fully saturated rings. The van der Waals surface area contributed by atoms with Crippen molar-refractivity contribution in [2.75, 3.05) is 5.32 Å². The highest BCUT2D eigenvalue weighted by Gasteiger charge is 2.30. The zero-order chi connectivity index (χ0) is 15.7. The molecule has 0 radical (unpaired) electrons. The largest absolute Gasteiger partial charge is 0.322 e. The highest BCUT2D eigenvalue weighted by Crippen LogP contribution is 2.39. The first-order valence-electron chi connectivity index (χ1n) is 7.03. The Hall–Kier alpha value is -1.60. The standard InChI is InChI=1S/C14H16ClN5OS/c1-8(13(21)17-10-4-3-7-16-11(10)15)22-14-19-18-12(20(14)2)9-5-6-9/h3-4,7-9H,5-6H2,1-2H3,(H,17,21)/t8-/m1/s1. The van der Waals surface area contributed by atoms with Crippen LogP contribution in [0.4, 0.5) is 5.69 Å². The van der Waals surface area contributed by atoms with Crippen LogP contribution in [0.1, 0.15) is 31.5 Å². The van der Waals surface area contributed by atoms with Gasteiger partial charge in [0, 0.05) is 19.2 Å². The fourth-order valence-corrected chi connectivity index (χ4v) is 3.04. The number of nitrogens with one attached hydrogen (secondary N) is 1. The molecule has 0 saturated heterocycles. The van der Waals surface area contributed by atoms with Crippen molar-refractivity contribution in [3.05, 3.63) is 29.3 Å². The molecule has 8 heteroatoms. The van der Waals surface area contributed by atoms with Crippen LogP contribution in [0.5, 0.6) is 0 Å². The molecule has 0 bridgehead atoms. The van der Waals surface area contributed by atoms with Gasteiger partial charge >= 0.3 is 0 Å². The number of carbonyl (C=O) groups is 1. The lowest BCUT2D eigenvalue weighted by Crippen LogP contribution is -2.23. The van der Waals surface area contributed by atoms with Crippen molar-refractivity contribution in [3.8, 4) is 0 Å². The fourth-order valence-electron chi connectivity index (χ4n) is 2.05. The average Bonchev–Trinajstić information content (AvgIpc) is 3.27. The van der Waals surface area contributed by atoms with Crippen LogP contribution in [-0.4, -0.2) is 30.9 Å². The third-order valence-electron chi connectivity index (χ3n) is 3.48. The molecular formula is C14H16ClN5OS. The van der Waals surface area contributed by atoms with Gasteiger partial charge in [0.2, 0.25) is 5.91 Å². The summed E-state index contributed by atoms with van der Waals surface area (Å²) in [6.07, 6.45) is 3.92. The van der Waals surface area contributed by atoms with Crippen molar-refractivity contribution in [2.45, 2.75) is 36.1 Å². The normalized spacial score (nSPS) is 15.6. The summed E-state index contributed by atoms with van der Waals surface area (Å²) in [5.41, 5.74) is 0.512. The van der Waals surface area contributed by atoms with Crippen LogP contribution in [0.3, 0.4) is 0 Å². The molecule has 3 rings (SSSR count). The van der Waals surface area contributed by atoms with E-state index in [-0.39, 0.29) is 16.3 Å². The number of amides is 1. The molecule has 1 amide bonds. The number of thioether (sulfide) groups is 1. The first-order chi connectivity index (χ1) is 10.6. The number of carbonyl (C=O) groups excluding carboxylic acids is 1. The van der Waals surface area contributed by atoms with Gasteiger partial charge in [-0.05, 0) is 31.9 Å². The Morgan fingerprint density at radius 2 is 2.27 bits per heavy atom. The zero-order valence-corrected chi connectivity index (χ0v) is 13.9. The van der Waals surface area contributed by atoms with Gasteiger partial charge in [0.05, 0.1) is 10.9 Å². The molecule has 116 valence electrons. The Kier molecular flexibility index (Phi) is 4.35.